The van der Waals surface area contributed by atoms with Crippen molar-refractivity contribution in [2.24, 2.45) is 0 Å². The quantitative estimate of drug-likeness (QED) is 0.213. The van der Waals surface area contributed by atoms with Crippen LogP contribution in [-0.2, 0) is 17.4 Å². The first-order chi connectivity index (χ1) is 20.2. The third-order valence-electron chi connectivity index (χ3n) is 7.99. The van der Waals surface area contributed by atoms with E-state index < -0.39 is 11.0 Å². The molecular weight excluding hydrogens is 535 g/mol. The Labute approximate surface area is 242 Å². The van der Waals surface area contributed by atoms with E-state index in [0.29, 0.717) is 52.6 Å². The topological polar surface area (TPSA) is 110 Å². The average molecular weight is 567 g/mol. The molecule has 214 valence electrons. The molecule has 1 aliphatic heterocycles. The minimum Gasteiger partial charge on any atom is -0.494 e. The Kier molecular flexibility index (Phi) is 6.98. The number of Topliss-reactive ketones (excluding diaryl/α,β-unsaturated/α-hetero) is 1. The number of hydrogen-bond acceptors (Lipinski definition) is 7. The van der Waals surface area contributed by atoms with Crippen LogP contribution in [0.2, 0.25) is 0 Å². The molecular formula is C33H31FN4O4. The van der Waals surface area contributed by atoms with E-state index in [-0.39, 0.29) is 24.4 Å². The number of carbonyl (C=O) groups is 1. The normalized spacial score (nSPS) is 17.5. The molecule has 9 heteroatoms. The predicted octanol–water partition coefficient (Wildman–Crippen LogP) is 5.93. The number of fused-ring (bicyclic) bond motifs is 2. The molecule has 5 aromatic rings. The van der Waals surface area contributed by atoms with E-state index in [9.17, 15) is 14.3 Å². The van der Waals surface area contributed by atoms with Crippen LogP contribution in [0, 0.1) is 5.82 Å². The fourth-order valence-corrected chi connectivity index (χ4v) is 5.53. The first kappa shape index (κ1) is 27.5. The lowest BCUT2D eigenvalue weighted by molar-refractivity contribution is 0.0396. The van der Waals surface area contributed by atoms with E-state index in [1.54, 1.807) is 56.9 Å². The molecule has 3 aromatic heterocycles. The minimum absolute atomic E-state index is 0.0761. The van der Waals surface area contributed by atoms with Crippen LogP contribution in [0.4, 0.5) is 4.39 Å². The number of ether oxygens (including phenoxy) is 2. The Morgan fingerprint density at radius 2 is 1.98 bits per heavy atom. The number of aromatic amines is 1. The molecule has 1 aliphatic rings. The zero-order chi connectivity index (χ0) is 29.5. The molecule has 0 fully saturated rings. The zero-order valence-corrected chi connectivity index (χ0v) is 23.6. The van der Waals surface area contributed by atoms with Crippen molar-refractivity contribution in [3.05, 3.63) is 102 Å². The van der Waals surface area contributed by atoms with Crippen molar-refractivity contribution in [3.63, 3.8) is 0 Å². The third kappa shape index (κ3) is 5.12. The van der Waals surface area contributed by atoms with E-state index in [0.717, 1.165) is 16.8 Å². The number of nitrogens with zero attached hydrogens (tertiary/aromatic N) is 3. The van der Waals surface area contributed by atoms with Crippen molar-refractivity contribution in [3.8, 4) is 22.8 Å². The number of benzene rings is 2. The third-order valence-corrected chi connectivity index (χ3v) is 7.99. The maximum Gasteiger partial charge on any atom is 0.163 e. The number of methoxy groups -OCH3 is 1. The van der Waals surface area contributed by atoms with Crippen molar-refractivity contribution >= 4 is 16.7 Å². The lowest BCUT2D eigenvalue weighted by atomic mass is 9.79. The maximum absolute atomic E-state index is 13.8. The molecule has 0 radical (unpaired) electrons. The number of imidazole rings is 1. The molecule has 2 aromatic carbocycles. The molecule has 2 atom stereocenters. The SMILES string of the molecule is COc1cc(C(=O)CC[C@](C)(O)c2cc3c(c(-c4ccc(F)cc4)n2)OC[C@]3(C)Cc2ncc[nH]2)cc2cccnc12. The van der Waals surface area contributed by atoms with Crippen LogP contribution in [0.15, 0.2) is 73.2 Å². The van der Waals surface area contributed by atoms with E-state index in [1.165, 1.54) is 12.1 Å². The minimum atomic E-state index is -1.45. The summed E-state index contributed by atoms with van der Waals surface area (Å²) in [5.74, 6) is 1.44. The van der Waals surface area contributed by atoms with Crippen LogP contribution in [0.5, 0.6) is 11.5 Å². The fourth-order valence-electron chi connectivity index (χ4n) is 5.53. The van der Waals surface area contributed by atoms with Crippen molar-refractivity contribution in [2.75, 3.05) is 13.7 Å². The average Bonchev–Trinajstić information content (AvgIpc) is 3.63. The smallest absolute Gasteiger partial charge is 0.163 e. The predicted molar refractivity (Wildman–Crippen MR) is 156 cm³/mol. The Morgan fingerprint density at radius 1 is 1.17 bits per heavy atom. The summed E-state index contributed by atoms with van der Waals surface area (Å²) in [5.41, 5.74) is 1.73. The van der Waals surface area contributed by atoms with Gasteiger partial charge < -0.3 is 19.6 Å². The van der Waals surface area contributed by atoms with Crippen LogP contribution < -0.4 is 9.47 Å². The van der Waals surface area contributed by atoms with Gasteiger partial charge in [0.25, 0.3) is 0 Å². The molecule has 2 N–H and O–H groups in total. The van der Waals surface area contributed by atoms with Gasteiger partial charge in [0.1, 0.15) is 40.0 Å². The summed E-state index contributed by atoms with van der Waals surface area (Å²) in [6.07, 6.45) is 5.95. The summed E-state index contributed by atoms with van der Waals surface area (Å²) in [6, 6.07) is 15.1. The van der Waals surface area contributed by atoms with Gasteiger partial charge in [-0.05, 0) is 61.9 Å². The van der Waals surface area contributed by atoms with Gasteiger partial charge >= 0.3 is 0 Å². The highest BCUT2D eigenvalue weighted by atomic mass is 19.1. The molecule has 0 saturated carbocycles. The number of carbonyl (C=O) groups excluding carboxylic acids is 1. The van der Waals surface area contributed by atoms with Gasteiger partial charge in [-0.2, -0.15) is 0 Å². The second-order valence-corrected chi connectivity index (χ2v) is 11.3. The molecule has 0 unspecified atom stereocenters. The number of hydrogen-bond donors (Lipinski definition) is 2. The van der Waals surface area contributed by atoms with E-state index in [4.69, 9.17) is 14.5 Å². The molecule has 42 heavy (non-hydrogen) atoms. The van der Waals surface area contributed by atoms with Crippen LogP contribution >= 0.6 is 0 Å². The maximum atomic E-state index is 13.8. The van der Waals surface area contributed by atoms with Crippen LogP contribution in [0.1, 0.15) is 54.1 Å². The van der Waals surface area contributed by atoms with Crippen LogP contribution in [-0.4, -0.2) is 44.5 Å². The van der Waals surface area contributed by atoms with Crippen molar-refractivity contribution in [1.82, 2.24) is 19.9 Å². The van der Waals surface area contributed by atoms with Gasteiger partial charge in [0.05, 0.1) is 19.4 Å². The van der Waals surface area contributed by atoms with Gasteiger partial charge in [-0.1, -0.05) is 13.0 Å². The Bertz CT molecular complexity index is 1770. The monoisotopic (exact) mass is 566 g/mol. The molecule has 0 bridgehead atoms. The molecule has 0 spiro atoms. The second kappa shape index (κ2) is 10.6. The van der Waals surface area contributed by atoms with Gasteiger partial charge in [-0.15, -0.1) is 0 Å². The van der Waals surface area contributed by atoms with Crippen LogP contribution in [0.25, 0.3) is 22.2 Å². The van der Waals surface area contributed by atoms with Crippen molar-refractivity contribution < 1.29 is 23.8 Å². The number of ketones is 1. The molecule has 0 aliphatic carbocycles. The highest BCUT2D eigenvalue weighted by Gasteiger charge is 2.41. The summed E-state index contributed by atoms with van der Waals surface area (Å²) in [7, 11) is 1.55. The summed E-state index contributed by atoms with van der Waals surface area (Å²) in [5, 5.41) is 12.6. The van der Waals surface area contributed by atoms with Gasteiger partial charge in [0.2, 0.25) is 0 Å². The van der Waals surface area contributed by atoms with Gasteiger partial charge in [0, 0.05) is 58.9 Å². The number of H-pyrrole nitrogens is 1. The number of nitrogens with one attached hydrogen (secondary N) is 1. The summed E-state index contributed by atoms with van der Waals surface area (Å²) in [6.45, 7) is 4.13. The number of aliphatic hydroxyl groups is 1. The molecule has 0 saturated heterocycles. The molecule has 6 rings (SSSR count). The van der Waals surface area contributed by atoms with Gasteiger partial charge in [0.15, 0.2) is 5.78 Å². The second-order valence-electron chi connectivity index (χ2n) is 11.3. The van der Waals surface area contributed by atoms with E-state index >= 15 is 0 Å². The summed E-state index contributed by atoms with van der Waals surface area (Å²) in [4.78, 5) is 30.1. The molecule has 8 nitrogen and oxygen atoms in total. The lowest BCUT2D eigenvalue weighted by Crippen LogP contribution is -2.29. The van der Waals surface area contributed by atoms with Crippen molar-refractivity contribution in [2.45, 2.75) is 44.1 Å². The Balaban J connectivity index is 1.34. The van der Waals surface area contributed by atoms with Gasteiger partial charge in [-0.25, -0.2) is 14.4 Å². The summed E-state index contributed by atoms with van der Waals surface area (Å²) < 4.78 is 25.5. The molecule has 0 amide bonds. The summed E-state index contributed by atoms with van der Waals surface area (Å²) >= 11 is 0. The highest BCUT2D eigenvalue weighted by Crippen LogP contribution is 2.47. The molecule has 4 heterocycles. The number of aromatic nitrogens is 4. The number of pyridine rings is 2. The van der Waals surface area contributed by atoms with Gasteiger partial charge in [-0.3, -0.25) is 9.78 Å². The first-order valence-electron chi connectivity index (χ1n) is 13.8. The van der Waals surface area contributed by atoms with E-state index in [1.807, 2.05) is 18.2 Å². The Morgan fingerprint density at radius 3 is 2.71 bits per heavy atom. The van der Waals surface area contributed by atoms with Crippen LogP contribution in [0.3, 0.4) is 0 Å². The fraction of sp³-hybridized carbons (Fsp3) is 0.273. The number of halogens is 1. The number of rotatable bonds is 9. The highest BCUT2D eigenvalue weighted by molar-refractivity contribution is 6.01. The largest absolute Gasteiger partial charge is 0.494 e. The lowest BCUT2D eigenvalue weighted by Gasteiger charge is -2.27. The standard InChI is InChI=1S/C33H31FN4O4/c1-32(18-28-35-13-14-36-28)19-42-31-24(32)17-27(38-30(31)20-6-8-23(34)9-7-20)33(2,40)11-10-25(39)22-15-21-5-4-12-37-29(21)26(16-22)41-3/h4-9,12-17,40H,10-11,18-19H2,1-3H3,(H,35,36)/t32-,33-/m0/s1. The Hall–Kier alpha value is -4.63. The van der Waals surface area contributed by atoms with Crippen molar-refractivity contribution in [1.29, 1.82) is 0 Å². The zero-order valence-electron chi connectivity index (χ0n) is 23.6. The van der Waals surface area contributed by atoms with E-state index in [2.05, 4.69) is 21.9 Å². The first-order valence-corrected chi connectivity index (χ1v) is 13.8.